The van der Waals surface area contributed by atoms with Gasteiger partial charge in [-0.15, -0.1) is 4.40 Å². The van der Waals surface area contributed by atoms with Crippen LogP contribution >= 0.6 is 0 Å². The maximum absolute atomic E-state index is 12.7. The fraction of sp³-hybridized carbons (Fsp3) is 0.273. The van der Waals surface area contributed by atoms with Gasteiger partial charge in [-0.3, -0.25) is 14.5 Å². The Hall–Kier alpha value is -3.98. The number of rotatable bonds is 4. The highest BCUT2D eigenvalue weighted by atomic mass is 32.2. The van der Waals surface area contributed by atoms with E-state index in [9.17, 15) is 36.3 Å². The number of anilines is 1. The Morgan fingerprint density at radius 3 is 2.30 bits per heavy atom. The van der Waals surface area contributed by atoms with Gasteiger partial charge >= 0.3 is 12.1 Å². The third-order valence-electron chi connectivity index (χ3n) is 5.35. The van der Waals surface area contributed by atoms with Crippen molar-refractivity contribution in [1.29, 1.82) is 0 Å². The lowest BCUT2D eigenvalue weighted by molar-refractivity contribution is -0.192. The molecule has 1 fully saturated rings. The highest BCUT2D eigenvalue weighted by Crippen LogP contribution is 2.27. The van der Waals surface area contributed by atoms with Crippen LogP contribution in [0.2, 0.25) is 0 Å². The van der Waals surface area contributed by atoms with Gasteiger partial charge in [-0.2, -0.15) is 21.6 Å². The number of aldehydes is 1. The van der Waals surface area contributed by atoms with Crippen LogP contribution in [0, 0.1) is 0 Å². The van der Waals surface area contributed by atoms with Crippen molar-refractivity contribution in [2.45, 2.75) is 11.1 Å². The summed E-state index contributed by atoms with van der Waals surface area (Å²) in [6, 6.07) is 10.8. The fourth-order valence-electron chi connectivity index (χ4n) is 3.52. The lowest BCUT2D eigenvalue weighted by Gasteiger charge is -2.35. The standard InChI is InChI=1S/C20H20N4O5S.C2HF3O2/c25-13-15-11-14(5-6-17(15)26)20(27)24-9-7-23(8-10-24)12-19-21-16-3-1-2-4-18(16)30(28,29)22-19;3-2(4,5)1(6)7/h1-6,11,13,26H,7-10,12H2,(H,21,22);(H,6,7). The van der Waals surface area contributed by atoms with Crippen molar-refractivity contribution in [3.8, 4) is 5.75 Å². The van der Waals surface area contributed by atoms with E-state index in [4.69, 9.17) is 9.90 Å². The average Bonchev–Trinajstić information content (AvgIpc) is 2.84. The molecule has 2 aliphatic rings. The first-order valence-electron chi connectivity index (χ1n) is 10.6. The minimum Gasteiger partial charge on any atom is -0.507 e. The van der Waals surface area contributed by atoms with Crippen LogP contribution in [0.5, 0.6) is 5.75 Å². The summed E-state index contributed by atoms with van der Waals surface area (Å²) in [4.78, 5) is 36.4. The number of amidine groups is 1. The molecule has 0 saturated carbocycles. The van der Waals surface area contributed by atoms with Gasteiger partial charge in [0.05, 0.1) is 17.8 Å². The molecule has 37 heavy (non-hydrogen) atoms. The van der Waals surface area contributed by atoms with Crippen LogP contribution in [-0.4, -0.2) is 91.3 Å². The lowest BCUT2D eigenvalue weighted by atomic mass is 10.1. The number of carbonyl (C=O) groups excluding carboxylic acids is 2. The second kappa shape index (κ2) is 11.0. The van der Waals surface area contributed by atoms with Crippen LogP contribution in [-0.2, 0) is 14.8 Å². The van der Waals surface area contributed by atoms with E-state index in [-0.39, 0.29) is 22.1 Å². The summed E-state index contributed by atoms with van der Waals surface area (Å²) in [7, 11) is -3.73. The normalized spacial score (nSPS) is 16.8. The number of aromatic hydroxyl groups is 1. The minimum absolute atomic E-state index is 0.0716. The molecule has 2 aromatic carbocycles. The zero-order chi connectivity index (χ0) is 27.4. The Kier molecular flexibility index (Phi) is 8.18. The van der Waals surface area contributed by atoms with Crippen molar-refractivity contribution < 1.29 is 46.2 Å². The number of carboxylic acids is 1. The zero-order valence-corrected chi connectivity index (χ0v) is 19.8. The molecule has 11 nitrogen and oxygen atoms in total. The maximum Gasteiger partial charge on any atom is 0.490 e. The van der Waals surface area contributed by atoms with Gasteiger partial charge in [-0.1, -0.05) is 12.1 Å². The number of para-hydroxylation sites is 1. The van der Waals surface area contributed by atoms with Crippen LogP contribution in [0.3, 0.4) is 0 Å². The van der Waals surface area contributed by atoms with E-state index in [0.29, 0.717) is 56.1 Å². The van der Waals surface area contributed by atoms with E-state index in [1.807, 2.05) is 4.90 Å². The van der Waals surface area contributed by atoms with Gasteiger partial charge < -0.3 is 20.4 Å². The summed E-state index contributed by atoms with van der Waals surface area (Å²) in [5, 5.41) is 19.8. The maximum atomic E-state index is 12.7. The molecule has 0 bridgehead atoms. The predicted molar refractivity (Wildman–Crippen MR) is 124 cm³/mol. The van der Waals surface area contributed by atoms with E-state index < -0.39 is 22.2 Å². The molecule has 0 aromatic heterocycles. The number of phenolic OH excluding ortho intramolecular Hbond substituents is 1. The highest BCUT2D eigenvalue weighted by molar-refractivity contribution is 7.90. The number of benzene rings is 2. The van der Waals surface area contributed by atoms with Crippen LogP contribution in [0.4, 0.5) is 18.9 Å². The quantitative estimate of drug-likeness (QED) is 0.490. The Morgan fingerprint density at radius 1 is 1.08 bits per heavy atom. The molecular formula is C22H21F3N4O7S. The minimum atomic E-state index is -5.08. The van der Waals surface area contributed by atoms with E-state index in [1.165, 1.54) is 24.3 Å². The fourth-order valence-corrected chi connectivity index (χ4v) is 4.66. The molecule has 0 spiro atoms. The molecule has 1 amide bonds. The van der Waals surface area contributed by atoms with Gasteiger partial charge in [0.2, 0.25) is 0 Å². The number of hydrogen-bond donors (Lipinski definition) is 3. The molecule has 0 radical (unpaired) electrons. The van der Waals surface area contributed by atoms with Crippen molar-refractivity contribution in [2.75, 3.05) is 38.0 Å². The van der Waals surface area contributed by atoms with Crippen LogP contribution in [0.1, 0.15) is 20.7 Å². The highest BCUT2D eigenvalue weighted by Gasteiger charge is 2.38. The molecule has 1 saturated heterocycles. The largest absolute Gasteiger partial charge is 0.507 e. The predicted octanol–water partition coefficient (Wildman–Crippen LogP) is 1.81. The molecule has 0 atom stereocenters. The van der Waals surface area contributed by atoms with Crippen molar-refractivity contribution in [1.82, 2.24) is 9.80 Å². The van der Waals surface area contributed by atoms with Gasteiger partial charge in [-0.05, 0) is 30.3 Å². The summed E-state index contributed by atoms with van der Waals surface area (Å²) in [5.41, 5.74) is 0.918. The van der Waals surface area contributed by atoms with Gasteiger partial charge in [0, 0.05) is 31.7 Å². The molecule has 198 valence electrons. The van der Waals surface area contributed by atoms with Crippen LogP contribution in [0.15, 0.2) is 51.8 Å². The number of piperazine rings is 1. The SMILES string of the molecule is O=C(O)C(F)(F)F.O=Cc1cc(C(=O)N2CCN(CC3=NS(=O)(=O)c4ccccc4N3)CC2)ccc1O. The number of carboxylic acid groups (broad SMARTS) is 1. The lowest BCUT2D eigenvalue weighted by Crippen LogP contribution is -2.50. The van der Waals surface area contributed by atoms with Crippen molar-refractivity contribution in [2.24, 2.45) is 4.40 Å². The summed E-state index contributed by atoms with van der Waals surface area (Å²) in [5.74, 6) is -2.79. The molecule has 2 aromatic rings. The number of fused-ring (bicyclic) bond motifs is 1. The Balaban J connectivity index is 0.000000479. The molecular weight excluding hydrogens is 521 g/mol. The first-order chi connectivity index (χ1) is 17.3. The van der Waals surface area contributed by atoms with Gasteiger partial charge in [0.1, 0.15) is 16.5 Å². The number of amides is 1. The molecule has 4 rings (SSSR count). The number of aliphatic carboxylic acids is 1. The monoisotopic (exact) mass is 542 g/mol. The second-order valence-electron chi connectivity index (χ2n) is 7.90. The molecule has 2 aliphatic heterocycles. The molecule has 2 heterocycles. The Bertz CT molecular complexity index is 1340. The average molecular weight is 542 g/mol. The third kappa shape index (κ3) is 6.83. The van der Waals surface area contributed by atoms with Gasteiger partial charge in [0.15, 0.2) is 6.29 Å². The molecule has 0 aliphatic carbocycles. The number of halogens is 3. The van der Waals surface area contributed by atoms with Crippen molar-refractivity contribution in [3.63, 3.8) is 0 Å². The van der Waals surface area contributed by atoms with Gasteiger partial charge in [-0.25, -0.2) is 4.79 Å². The van der Waals surface area contributed by atoms with E-state index >= 15 is 0 Å². The van der Waals surface area contributed by atoms with Crippen molar-refractivity contribution >= 4 is 39.7 Å². The Morgan fingerprint density at radius 2 is 1.70 bits per heavy atom. The summed E-state index contributed by atoms with van der Waals surface area (Å²) in [6.07, 6.45) is -4.58. The van der Waals surface area contributed by atoms with E-state index in [1.54, 1.807) is 23.1 Å². The summed E-state index contributed by atoms with van der Waals surface area (Å²) >= 11 is 0. The first-order valence-corrected chi connectivity index (χ1v) is 12.1. The smallest absolute Gasteiger partial charge is 0.490 e. The molecule has 0 unspecified atom stereocenters. The zero-order valence-electron chi connectivity index (χ0n) is 19.0. The second-order valence-corrected chi connectivity index (χ2v) is 9.47. The summed E-state index contributed by atoms with van der Waals surface area (Å²) < 4.78 is 60.3. The first kappa shape index (κ1) is 27.6. The van der Waals surface area contributed by atoms with E-state index in [0.717, 1.165) is 0 Å². The molecule has 15 heteroatoms. The number of hydrogen-bond acceptors (Lipinski definition) is 8. The number of nitrogens with one attached hydrogen (secondary N) is 1. The van der Waals surface area contributed by atoms with Crippen LogP contribution in [0.25, 0.3) is 0 Å². The topological polar surface area (TPSA) is 157 Å². The van der Waals surface area contributed by atoms with Crippen LogP contribution < -0.4 is 5.32 Å². The number of alkyl halides is 3. The third-order valence-corrected chi connectivity index (χ3v) is 6.72. The number of carbonyl (C=O) groups is 3. The van der Waals surface area contributed by atoms with Crippen molar-refractivity contribution in [3.05, 3.63) is 53.6 Å². The molecule has 3 N–H and O–H groups in total. The Labute approximate surface area is 208 Å². The van der Waals surface area contributed by atoms with E-state index in [2.05, 4.69) is 9.71 Å². The number of phenols is 1. The number of sulfonamides is 1. The van der Waals surface area contributed by atoms with Gasteiger partial charge in [0.25, 0.3) is 15.9 Å². The summed E-state index contributed by atoms with van der Waals surface area (Å²) in [6.45, 7) is 2.32. The number of nitrogens with zero attached hydrogens (tertiary/aromatic N) is 3.